The smallest absolute Gasteiger partial charge is 0.249 e. The molecular weight excluding hydrogens is 1980 g/mol. The van der Waals surface area contributed by atoms with Crippen LogP contribution in [0.5, 0.6) is 0 Å². The van der Waals surface area contributed by atoms with Gasteiger partial charge in [-0.3, -0.25) is 43.7 Å². The fourth-order valence-electron chi connectivity index (χ4n) is 21.1. The van der Waals surface area contributed by atoms with E-state index in [0.29, 0.717) is 61.2 Å². The van der Waals surface area contributed by atoms with Gasteiger partial charge in [0, 0.05) is 205 Å². The molecule has 0 spiro atoms. The Morgan fingerprint density at radius 1 is 0.361 bits per heavy atom. The Labute approximate surface area is 884 Å². The number of carbonyl (C=O) groups excluding carboxylic acids is 8. The Hall–Kier alpha value is -9.95. The Balaban J connectivity index is 0.000000130. The summed E-state index contributed by atoms with van der Waals surface area (Å²) in [6.07, 6.45) is 28.9. The highest BCUT2D eigenvalue weighted by atomic mass is 35.5. The molecule has 3 aromatic heterocycles. The van der Waals surface area contributed by atoms with Crippen LogP contribution in [-0.4, -0.2) is 206 Å². The standard InChI is InChI=1S/C20H24ClN3OS.C19H26ClN3O2.C18H24ClN3O2.C18H25ClN2O2.C17H20ClN3O2.C17H18ClN3OS/c21-15-8-10-16(11-9-15)24-12-4-7-18(24)19(25)23-20-22-17(13-26-20)14-5-2-1-3-6-14;1-14(24)22-11-8-15(9-12-22)13-21-19(25)18-3-2-10-23(18)17-6-4-16(20)5-7-17;1-13(23)21-11-8-15(9-12-21)20-18(24)17-3-2-10-22(17)16-6-4-14(19)5-7-16;19-15-3-5-16(6-4-15)21-11-1-2-17(21)18(22)20-10-7-14-8-12-23-13-9-14;1-2-4-13-11-16(23-20-13)19-17(22)15-5-3-10-21(15)14-8-6-12(18)7-9-14;18-12-5-7-13(8-6-12)21-9-1-2-15(21)16(22)20-17-19-14(10-23-17)11-3-4-11/h8-11,13-14,18H,1-7,12H2,(H,22,23,25);4-7,15,18H,2-3,8-13H2,1H3,(H,21,25);4-7,15,17H,2-3,8-12H2,1H3,(H,20,24);3-6,14,17H,1-2,7-13H2,(H,20,22);6-9,11,15H,2-5,10H2,1H3,(H,19,22);5-8,10-11,15H,1-4,9H2,(H,19,20,22)/t2*18-;2*17-;2*15-/m000000/s1. The molecule has 11 aliphatic rings. The average molecular weight is 2120 g/mol. The van der Waals surface area contributed by atoms with E-state index in [1.165, 1.54) is 56.3 Å². The predicted octanol–water partition coefficient (Wildman–Crippen LogP) is 22.0. The van der Waals surface area contributed by atoms with Gasteiger partial charge in [-0.1, -0.05) is 107 Å². The number of carbonyl (C=O) groups is 8. The topological polar surface area (TPSA) is 296 Å². The third-order valence-electron chi connectivity index (χ3n) is 29.2. The van der Waals surface area contributed by atoms with Crippen LogP contribution in [0, 0.1) is 11.8 Å². The second-order valence-electron chi connectivity index (χ2n) is 39.3. The zero-order chi connectivity index (χ0) is 101. The number of aryl methyl sites for hydroxylation is 1. The van der Waals surface area contributed by atoms with Gasteiger partial charge in [0.1, 0.15) is 36.3 Å². The molecule has 144 heavy (non-hydrogen) atoms. The molecule has 0 bridgehead atoms. The van der Waals surface area contributed by atoms with Crippen molar-refractivity contribution in [3.8, 4) is 0 Å². The summed E-state index contributed by atoms with van der Waals surface area (Å²) in [6.45, 7) is 16.9. The lowest BCUT2D eigenvalue weighted by atomic mass is 9.87. The molecule has 0 radical (unpaired) electrons. The van der Waals surface area contributed by atoms with E-state index < -0.39 is 0 Å². The second-order valence-corrected chi connectivity index (χ2v) is 43.6. The highest BCUT2D eigenvalue weighted by Crippen LogP contribution is 2.43. The molecule has 9 aromatic rings. The van der Waals surface area contributed by atoms with E-state index in [1.807, 2.05) is 155 Å². The van der Waals surface area contributed by atoms with Crippen molar-refractivity contribution in [3.05, 3.63) is 210 Å². The zero-order valence-corrected chi connectivity index (χ0v) is 88.9. The molecular formula is C109H137Cl6N17O10S2. The number of hydrogen-bond donors (Lipinski definition) is 6. The van der Waals surface area contributed by atoms with E-state index in [0.717, 1.165) is 287 Å². The molecule has 35 heteroatoms. The lowest BCUT2D eigenvalue weighted by molar-refractivity contribution is -0.131. The fourth-order valence-corrected chi connectivity index (χ4v) is 23.4. The molecule has 6 aromatic carbocycles. The maximum Gasteiger partial charge on any atom is 0.249 e. The van der Waals surface area contributed by atoms with Gasteiger partial charge in [0.15, 0.2) is 10.3 Å². The van der Waals surface area contributed by atoms with Crippen LogP contribution >= 0.6 is 92.3 Å². The summed E-state index contributed by atoms with van der Waals surface area (Å²) >= 11 is 38.8. The summed E-state index contributed by atoms with van der Waals surface area (Å²) in [4.78, 5) is 125. The number of hydrogen-bond acceptors (Lipinski definition) is 21. The van der Waals surface area contributed by atoms with E-state index >= 15 is 0 Å². The fraction of sp³-hybridized carbons (Fsp3) is 0.514. The number of piperidine rings is 2. The van der Waals surface area contributed by atoms with Crippen LogP contribution in [0.15, 0.2) is 167 Å². The number of amides is 8. The van der Waals surface area contributed by atoms with Gasteiger partial charge >= 0.3 is 0 Å². The maximum atomic E-state index is 12.8. The van der Waals surface area contributed by atoms with Crippen LogP contribution < -0.4 is 61.3 Å². The molecule has 27 nitrogen and oxygen atoms in total. The molecule has 12 heterocycles. The number of thiazole rings is 2. The molecule has 9 aliphatic heterocycles. The average Bonchev–Trinajstić information content (AvgIpc) is 1.68. The van der Waals surface area contributed by atoms with Gasteiger partial charge in [0.25, 0.3) is 0 Å². The SMILES string of the molecule is CC(=O)N1CCC(CNC(=O)[C@@H]2CCCN2c2ccc(Cl)cc2)CC1.CC(=O)N1CCC(NC(=O)[C@@H]2CCCN2c2ccc(Cl)cc2)CC1.CCCc1cc(NC(=O)[C@@H]2CCCN2c2ccc(Cl)cc2)on1.O=C(NCCC1CCOCC1)[C@@H]1CCCN1c1ccc(Cl)cc1.O=C(Nc1nc(C2CC2)cs1)[C@@H]1CCCN1c1ccc(Cl)cc1.O=C(Nc1nc(C2CCCCC2)cs1)[C@@H]1CCCN1c1ccc(Cl)cc1. The number of halogens is 6. The van der Waals surface area contributed by atoms with Crippen molar-refractivity contribution in [2.75, 3.05) is 137 Å². The molecule has 20 rings (SSSR count). The van der Waals surface area contributed by atoms with Crippen LogP contribution in [0.25, 0.3) is 0 Å². The van der Waals surface area contributed by atoms with Crippen molar-refractivity contribution >= 4 is 190 Å². The highest BCUT2D eigenvalue weighted by molar-refractivity contribution is 7.14. The first-order valence-electron chi connectivity index (χ1n) is 51.8. The van der Waals surface area contributed by atoms with Crippen LogP contribution in [-0.2, 0) is 49.5 Å². The van der Waals surface area contributed by atoms with Gasteiger partial charge in [-0.2, -0.15) is 0 Å². The number of nitrogens with zero attached hydrogens (tertiary/aromatic N) is 11. The number of rotatable bonds is 25. The lowest BCUT2D eigenvalue weighted by Gasteiger charge is -2.33. The summed E-state index contributed by atoms with van der Waals surface area (Å²) in [5.41, 5.74) is 9.44. The number of anilines is 9. The first kappa shape index (κ1) is 108. The van der Waals surface area contributed by atoms with Crippen molar-refractivity contribution in [3.63, 3.8) is 0 Å². The van der Waals surface area contributed by atoms with Crippen molar-refractivity contribution in [2.24, 2.45) is 11.8 Å². The molecule has 6 atom stereocenters. The van der Waals surface area contributed by atoms with E-state index in [2.05, 4.69) is 89.1 Å². The minimum atomic E-state index is -0.198. The number of likely N-dealkylation sites (tertiary alicyclic amines) is 2. The Bertz CT molecular complexity index is 5620. The third-order valence-corrected chi connectivity index (χ3v) is 32.3. The number of nitrogens with one attached hydrogen (secondary N) is 6. The minimum absolute atomic E-state index is 0.0362. The predicted molar refractivity (Wildman–Crippen MR) is 582 cm³/mol. The Kier molecular flexibility index (Phi) is 40.7. The van der Waals surface area contributed by atoms with Crippen LogP contribution in [0.1, 0.15) is 223 Å². The van der Waals surface area contributed by atoms with Gasteiger partial charge in [0.2, 0.25) is 53.1 Å². The summed E-state index contributed by atoms with van der Waals surface area (Å²) in [7, 11) is 0. The van der Waals surface area contributed by atoms with Crippen molar-refractivity contribution in [1.29, 1.82) is 0 Å². The molecule has 772 valence electrons. The normalized spacial score (nSPS) is 20.8. The summed E-state index contributed by atoms with van der Waals surface area (Å²) in [5.74, 6) is 3.42. The highest BCUT2D eigenvalue weighted by Gasteiger charge is 2.40. The second kappa shape index (κ2) is 54.1. The van der Waals surface area contributed by atoms with Gasteiger partial charge in [-0.25, -0.2) is 9.97 Å². The quantitative estimate of drug-likeness (QED) is 0.0310. The molecule has 8 amide bonds. The van der Waals surface area contributed by atoms with Crippen LogP contribution in [0.2, 0.25) is 30.1 Å². The largest absolute Gasteiger partial charge is 0.381 e. The Morgan fingerprint density at radius 2 is 0.694 bits per heavy atom. The van der Waals surface area contributed by atoms with Crippen molar-refractivity contribution in [1.82, 2.24) is 40.9 Å². The van der Waals surface area contributed by atoms with Crippen molar-refractivity contribution in [2.45, 2.75) is 255 Å². The minimum Gasteiger partial charge on any atom is -0.381 e. The van der Waals surface area contributed by atoms with E-state index in [4.69, 9.17) is 83.8 Å². The molecule has 0 unspecified atom stereocenters. The number of ether oxygens (including phenoxy) is 1. The van der Waals surface area contributed by atoms with Gasteiger partial charge in [0.05, 0.1) is 17.1 Å². The first-order valence-corrected chi connectivity index (χ1v) is 55.8. The summed E-state index contributed by atoms with van der Waals surface area (Å²) in [5, 5.41) is 32.2. The molecule has 2 aliphatic carbocycles. The van der Waals surface area contributed by atoms with Crippen LogP contribution in [0.3, 0.4) is 0 Å². The zero-order valence-electron chi connectivity index (χ0n) is 82.7. The number of aromatic nitrogens is 3. The summed E-state index contributed by atoms with van der Waals surface area (Å²) in [6, 6.07) is 47.3. The van der Waals surface area contributed by atoms with Crippen molar-refractivity contribution < 1.29 is 47.6 Å². The monoisotopic (exact) mass is 2120 g/mol. The maximum absolute atomic E-state index is 12.8. The third kappa shape index (κ3) is 31.1. The van der Waals surface area contributed by atoms with E-state index in [-0.39, 0.29) is 89.6 Å². The molecule has 2 saturated carbocycles. The van der Waals surface area contributed by atoms with Crippen LogP contribution in [0.4, 0.5) is 50.3 Å². The van der Waals surface area contributed by atoms with E-state index in [1.54, 1.807) is 31.3 Å². The molecule has 9 saturated heterocycles. The Morgan fingerprint density at radius 3 is 1.05 bits per heavy atom. The summed E-state index contributed by atoms with van der Waals surface area (Å²) < 4.78 is 10.6. The molecule has 11 fully saturated rings. The van der Waals surface area contributed by atoms with Gasteiger partial charge < -0.3 is 75.0 Å². The first-order chi connectivity index (χ1) is 69.9. The number of benzene rings is 6. The van der Waals surface area contributed by atoms with Gasteiger partial charge in [-0.05, 0) is 312 Å². The van der Waals surface area contributed by atoms with Gasteiger partial charge in [-0.15, -0.1) is 22.7 Å². The molecule has 6 N–H and O–H groups in total. The lowest BCUT2D eigenvalue weighted by Crippen LogP contribution is -2.51. The van der Waals surface area contributed by atoms with E-state index in [9.17, 15) is 38.4 Å².